The molecular weight excluding hydrogens is 248 g/mol. The number of hydrogen-bond donors (Lipinski definition) is 1. The van der Waals surface area contributed by atoms with Crippen LogP contribution >= 0.6 is 0 Å². The van der Waals surface area contributed by atoms with Crippen LogP contribution in [0.2, 0.25) is 0 Å². The number of pyridine rings is 1. The number of methoxy groups -OCH3 is 1. The number of ether oxygens (including phenoxy) is 1. The molecule has 104 valence electrons. The summed E-state index contributed by atoms with van der Waals surface area (Å²) in [4.78, 5) is 4.10. The largest absolute Gasteiger partial charge is 0.497 e. The molecular formula is C17H20N2O. The van der Waals surface area contributed by atoms with Crippen LogP contribution < -0.4 is 10.1 Å². The number of nitrogens with zero attached hydrogens (tertiary/aromatic N) is 1. The van der Waals surface area contributed by atoms with E-state index in [0.29, 0.717) is 0 Å². The minimum Gasteiger partial charge on any atom is -0.497 e. The maximum atomic E-state index is 5.38. The Kier molecular flexibility index (Phi) is 3.22. The predicted molar refractivity (Wildman–Crippen MR) is 80.1 cm³/mol. The molecule has 2 aromatic rings. The van der Waals surface area contributed by atoms with Gasteiger partial charge in [-0.15, -0.1) is 0 Å². The molecule has 1 aliphatic heterocycles. The maximum Gasteiger partial charge on any atom is 0.119 e. The van der Waals surface area contributed by atoms with Crippen LogP contribution in [-0.2, 0) is 5.41 Å². The van der Waals surface area contributed by atoms with Crippen molar-refractivity contribution in [1.29, 1.82) is 0 Å². The average molecular weight is 268 g/mol. The summed E-state index contributed by atoms with van der Waals surface area (Å²) in [5, 5.41) is 3.65. The van der Waals surface area contributed by atoms with E-state index in [4.69, 9.17) is 4.74 Å². The highest BCUT2D eigenvalue weighted by atomic mass is 16.5. The molecule has 1 aliphatic rings. The van der Waals surface area contributed by atoms with Gasteiger partial charge in [0.05, 0.1) is 13.2 Å². The van der Waals surface area contributed by atoms with Gasteiger partial charge in [0.1, 0.15) is 5.75 Å². The van der Waals surface area contributed by atoms with Crippen molar-refractivity contribution >= 4 is 0 Å². The topological polar surface area (TPSA) is 34.1 Å². The van der Waals surface area contributed by atoms with Crippen LogP contribution in [0.5, 0.6) is 5.75 Å². The van der Waals surface area contributed by atoms with Gasteiger partial charge in [0.25, 0.3) is 0 Å². The van der Waals surface area contributed by atoms with Gasteiger partial charge in [0, 0.05) is 24.4 Å². The third-order valence-corrected chi connectivity index (χ3v) is 4.09. The number of aromatic nitrogens is 1. The first-order valence-electron chi connectivity index (χ1n) is 6.93. The van der Waals surface area contributed by atoms with E-state index >= 15 is 0 Å². The lowest BCUT2D eigenvalue weighted by atomic mass is 9.75. The third-order valence-electron chi connectivity index (χ3n) is 4.09. The first kappa shape index (κ1) is 13.1. The summed E-state index contributed by atoms with van der Waals surface area (Å²) in [7, 11) is 1.72. The Morgan fingerprint density at radius 1 is 1.20 bits per heavy atom. The van der Waals surface area contributed by atoms with E-state index in [9.17, 15) is 0 Å². The van der Waals surface area contributed by atoms with Gasteiger partial charge in [-0.25, -0.2) is 0 Å². The minimum absolute atomic E-state index is 0.105. The van der Waals surface area contributed by atoms with Gasteiger partial charge < -0.3 is 10.1 Å². The van der Waals surface area contributed by atoms with Crippen LogP contribution in [0, 0.1) is 0 Å². The van der Waals surface area contributed by atoms with E-state index in [1.165, 1.54) is 16.7 Å². The van der Waals surface area contributed by atoms with Gasteiger partial charge >= 0.3 is 0 Å². The van der Waals surface area contributed by atoms with Crippen molar-refractivity contribution in [2.75, 3.05) is 13.7 Å². The van der Waals surface area contributed by atoms with Gasteiger partial charge in [-0.3, -0.25) is 4.98 Å². The highest BCUT2D eigenvalue weighted by Crippen LogP contribution is 2.38. The van der Waals surface area contributed by atoms with Crippen LogP contribution in [0.1, 0.15) is 36.6 Å². The molecule has 20 heavy (non-hydrogen) atoms. The molecule has 3 rings (SSSR count). The Bertz CT molecular complexity index is 608. The summed E-state index contributed by atoms with van der Waals surface area (Å²) in [6.07, 6.45) is 3.69. The first-order chi connectivity index (χ1) is 9.62. The van der Waals surface area contributed by atoms with E-state index < -0.39 is 0 Å². The summed E-state index contributed by atoms with van der Waals surface area (Å²) in [5.74, 6) is 0.923. The van der Waals surface area contributed by atoms with Crippen molar-refractivity contribution in [2.24, 2.45) is 0 Å². The highest BCUT2D eigenvalue weighted by Gasteiger charge is 2.33. The standard InChI is InChI=1S/C17H20N2O/c1-17(2)11-19-16(12-6-8-18-9-7-12)14-5-4-13(20-3)10-15(14)17/h4-10,16,19H,11H2,1-3H3. The Morgan fingerprint density at radius 2 is 1.95 bits per heavy atom. The molecule has 0 saturated carbocycles. The van der Waals surface area contributed by atoms with Crippen LogP contribution in [0.3, 0.4) is 0 Å². The lowest BCUT2D eigenvalue weighted by Gasteiger charge is -2.38. The summed E-state index contributed by atoms with van der Waals surface area (Å²) in [6.45, 7) is 5.47. The molecule has 1 N–H and O–H groups in total. The Labute approximate surface area is 120 Å². The van der Waals surface area contributed by atoms with Crippen LogP contribution in [-0.4, -0.2) is 18.6 Å². The number of nitrogens with one attached hydrogen (secondary N) is 1. The van der Waals surface area contributed by atoms with Crippen molar-refractivity contribution in [3.8, 4) is 5.75 Å². The molecule has 3 nitrogen and oxygen atoms in total. The Morgan fingerprint density at radius 3 is 2.65 bits per heavy atom. The van der Waals surface area contributed by atoms with Crippen molar-refractivity contribution in [3.63, 3.8) is 0 Å². The van der Waals surface area contributed by atoms with Crippen molar-refractivity contribution < 1.29 is 4.74 Å². The van der Waals surface area contributed by atoms with Crippen LogP contribution in [0.4, 0.5) is 0 Å². The second kappa shape index (κ2) is 4.91. The normalized spacial score (nSPS) is 20.2. The highest BCUT2D eigenvalue weighted by molar-refractivity contribution is 5.47. The molecule has 0 bridgehead atoms. The minimum atomic E-state index is 0.105. The summed E-state index contributed by atoms with van der Waals surface area (Å²) >= 11 is 0. The number of fused-ring (bicyclic) bond motifs is 1. The van der Waals surface area contributed by atoms with E-state index in [0.717, 1.165) is 12.3 Å². The molecule has 0 aliphatic carbocycles. The number of hydrogen-bond acceptors (Lipinski definition) is 3. The second-order valence-electron chi connectivity index (χ2n) is 5.93. The molecule has 0 spiro atoms. The Balaban J connectivity index is 2.11. The number of benzene rings is 1. The van der Waals surface area contributed by atoms with Gasteiger partial charge in [-0.1, -0.05) is 19.9 Å². The summed E-state index contributed by atoms with van der Waals surface area (Å²) in [5.41, 5.74) is 4.04. The fourth-order valence-corrected chi connectivity index (χ4v) is 2.92. The SMILES string of the molecule is COc1ccc2c(c1)C(C)(C)CNC2c1ccncc1. The summed E-state index contributed by atoms with van der Waals surface area (Å²) in [6, 6.07) is 10.8. The zero-order valence-electron chi connectivity index (χ0n) is 12.2. The van der Waals surface area contributed by atoms with Crippen LogP contribution in [0.25, 0.3) is 0 Å². The molecule has 1 unspecified atom stereocenters. The first-order valence-corrected chi connectivity index (χ1v) is 6.93. The fraction of sp³-hybridized carbons (Fsp3) is 0.353. The van der Waals surface area contributed by atoms with Gasteiger partial charge in [0.2, 0.25) is 0 Å². The van der Waals surface area contributed by atoms with Crippen LogP contribution in [0.15, 0.2) is 42.7 Å². The lowest BCUT2D eigenvalue weighted by Crippen LogP contribution is -2.42. The lowest BCUT2D eigenvalue weighted by molar-refractivity contribution is 0.391. The zero-order chi connectivity index (χ0) is 14.2. The monoisotopic (exact) mass is 268 g/mol. The summed E-state index contributed by atoms with van der Waals surface area (Å²) < 4.78 is 5.38. The molecule has 0 fully saturated rings. The quantitative estimate of drug-likeness (QED) is 0.909. The zero-order valence-corrected chi connectivity index (χ0v) is 12.2. The number of rotatable bonds is 2. The molecule has 1 atom stereocenters. The van der Waals surface area contributed by atoms with Gasteiger partial charge in [0.15, 0.2) is 0 Å². The molecule has 0 saturated heterocycles. The maximum absolute atomic E-state index is 5.38. The molecule has 1 aromatic carbocycles. The van der Waals surface area contributed by atoms with E-state index in [1.807, 2.05) is 18.5 Å². The Hall–Kier alpha value is -1.87. The molecule has 0 amide bonds. The van der Waals surface area contributed by atoms with E-state index in [2.05, 4.69) is 48.4 Å². The molecule has 1 aromatic heterocycles. The van der Waals surface area contributed by atoms with Crippen molar-refractivity contribution in [3.05, 3.63) is 59.4 Å². The smallest absolute Gasteiger partial charge is 0.119 e. The van der Waals surface area contributed by atoms with Crippen molar-refractivity contribution in [1.82, 2.24) is 10.3 Å². The third kappa shape index (κ3) is 2.18. The average Bonchev–Trinajstić information content (AvgIpc) is 2.48. The van der Waals surface area contributed by atoms with E-state index in [1.54, 1.807) is 7.11 Å². The predicted octanol–water partition coefficient (Wildman–Crippen LogP) is 3.06. The fourth-order valence-electron chi connectivity index (χ4n) is 2.92. The molecule has 0 radical (unpaired) electrons. The van der Waals surface area contributed by atoms with E-state index in [-0.39, 0.29) is 11.5 Å². The van der Waals surface area contributed by atoms with Crippen molar-refractivity contribution in [2.45, 2.75) is 25.3 Å². The molecule has 2 heterocycles. The van der Waals surface area contributed by atoms with Gasteiger partial charge in [-0.05, 0) is 41.0 Å². The molecule has 3 heteroatoms. The van der Waals surface area contributed by atoms with Gasteiger partial charge in [-0.2, -0.15) is 0 Å². The second-order valence-corrected chi connectivity index (χ2v) is 5.93.